The Hall–Kier alpha value is -1.24. The second-order valence-electron chi connectivity index (χ2n) is 3.22. The average Bonchev–Trinajstić information content (AvgIpc) is 2.28. The van der Waals surface area contributed by atoms with Crippen LogP contribution in [-0.4, -0.2) is 18.1 Å². The fraction of sp³-hybridized carbons (Fsp3) is 0.400. The number of rotatable bonds is 4. The minimum Gasteiger partial charge on any atom is -0.469 e. The van der Waals surface area contributed by atoms with Gasteiger partial charge in [0, 0.05) is 11.5 Å². The number of alkyl halides is 3. The number of halogens is 3. The number of carbonyl (C=O) groups excluding carboxylic acids is 1. The molecule has 0 saturated heterocycles. The third-order valence-electron chi connectivity index (χ3n) is 2.25. The molecule has 1 N–H and O–H groups in total. The summed E-state index contributed by atoms with van der Waals surface area (Å²) < 4.78 is 30.0. The minimum atomic E-state index is -2.93. The van der Waals surface area contributed by atoms with E-state index in [9.17, 15) is 18.4 Å². The summed E-state index contributed by atoms with van der Waals surface area (Å²) in [6.45, 7) is 0. The fourth-order valence-corrected chi connectivity index (χ4v) is 1.90. The van der Waals surface area contributed by atoms with Gasteiger partial charge in [-0.3, -0.25) is 9.59 Å². The Balaban J connectivity index is 3.35. The van der Waals surface area contributed by atoms with Crippen molar-refractivity contribution in [3.05, 3.63) is 33.2 Å². The predicted octanol–water partition coefficient (Wildman–Crippen LogP) is 1.92. The van der Waals surface area contributed by atoms with Crippen LogP contribution in [0, 0.1) is 0 Å². The van der Waals surface area contributed by atoms with E-state index in [1.54, 1.807) is 0 Å². The molecule has 1 aromatic heterocycles. The zero-order chi connectivity index (χ0) is 13.0. The van der Waals surface area contributed by atoms with E-state index in [4.69, 9.17) is 0 Å². The molecule has 4 nitrogen and oxygen atoms in total. The molecule has 0 radical (unpaired) electrons. The number of esters is 1. The predicted molar refractivity (Wildman–Crippen MR) is 60.4 cm³/mol. The molecule has 0 aliphatic rings. The van der Waals surface area contributed by atoms with Crippen molar-refractivity contribution in [3.63, 3.8) is 0 Å². The highest BCUT2D eigenvalue weighted by Crippen LogP contribution is 2.23. The van der Waals surface area contributed by atoms with Crippen LogP contribution in [0.25, 0.3) is 0 Å². The van der Waals surface area contributed by atoms with E-state index in [2.05, 4.69) is 25.7 Å². The second-order valence-corrected chi connectivity index (χ2v) is 3.78. The number of aromatic amines is 1. The molecule has 1 rings (SSSR count). The molecule has 0 aromatic carbocycles. The van der Waals surface area contributed by atoms with E-state index in [1.165, 1.54) is 6.20 Å². The summed E-state index contributed by atoms with van der Waals surface area (Å²) in [6, 6.07) is 0. The van der Waals surface area contributed by atoms with Crippen LogP contribution < -0.4 is 5.56 Å². The van der Waals surface area contributed by atoms with Crippen LogP contribution in [0.2, 0.25) is 0 Å². The molecule has 0 aliphatic heterocycles. The summed E-state index contributed by atoms with van der Waals surface area (Å²) in [7, 11) is 1.16. The highest BCUT2D eigenvalue weighted by molar-refractivity contribution is 9.08. The van der Waals surface area contributed by atoms with Crippen molar-refractivity contribution in [3.8, 4) is 0 Å². The normalized spacial score (nSPS) is 10.6. The van der Waals surface area contributed by atoms with Crippen LogP contribution in [0.1, 0.15) is 23.1 Å². The minimum absolute atomic E-state index is 0.0208. The van der Waals surface area contributed by atoms with E-state index in [0.29, 0.717) is 5.56 Å². The van der Waals surface area contributed by atoms with Gasteiger partial charge in [-0.25, -0.2) is 8.78 Å². The highest BCUT2D eigenvalue weighted by Gasteiger charge is 2.22. The third-order valence-corrected chi connectivity index (χ3v) is 2.85. The largest absolute Gasteiger partial charge is 0.469 e. The Morgan fingerprint density at radius 2 is 2.24 bits per heavy atom. The van der Waals surface area contributed by atoms with Crippen molar-refractivity contribution in [2.75, 3.05) is 7.11 Å². The van der Waals surface area contributed by atoms with Crippen molar-refractivity contribution < 1.29 is 18.3 Å². The van der Waals surface area contributed by atoms with Crippen LogP contribution >= 0.6 is 15.9 Å². The maximum Gasteiger partial charge on any atom is 0.310 e. The van der Waals surface area contributed by atoms with Gasteiger partial charge in [0.05, 0.1) is 19.1 Å². The van der Waals surface area contributed by atoms with Crippen molar-refractivity contribution >= 4 is 21.9 Å². The molecule has 7 heteroatoms. The zero-order valence-corrected chi connectivity index (χ0v) is 10.5. The summed E-state index contributed by atoms with van der Waals surface area (Å²) in [5.41, 5.74) is -1.10. The smallest absolute Gasteiger partial charge is 0.310 e. The van der Waals surface area contributed by atoms with Gasteiger partial charge in [0.1, 0.15) is 0 Å². The molecule has 17 heavy (non-hydrogen) atoms. The Labute approximate surface area is 104 Å². The Bertz CT molecular complexity index is 473. The number of aromatic nitrogens is 1. The van der Waals surface area contributed by atoms with Crippen molar-refractivity contribution in [2.45, 2.75) is 18.2 Å². The Morgan fingerprint density at radius 3 is 2.71 bits per heavy atom. The van der Waals surface area contributed by atoms with Crippen LogP contribution in [0.15, 0.2) is 11.0 Å². The van der Waals surface area contributed by atoms with Gasteiger partial charge in [-0.2, -0.15) is 0 Å². The molecule has 0 aliphatic carbocycles. The van der Waals surface area contributed by atoms with E-state index < -0.39 is 23.5 Å². The zero-order valence-electron chi connectivity index (χ0n) is 8.93. The number of pyridine rings is 1. The topological polar surface area (TPSA) is 59.2 Å². The SMILES string of the molecule is COC(=O)Cc1c(CBr)c[nH]c(=O)c1C(F)F. The summed E-state index contributed by atoms with van der Waals surface area (Å²) >= 11 is 3.11. The molecule has 0 unspecified atom stereocenters. The molecule has 94 valence electrons. The van der Waals surface area contributed by atoms with Crippen LogP contribution in [0.3, 0.4) is 0 Å². The number of nitrogens with one attached hydrogen (secondary N) is 1. The lowest BCUT2D eigenvalue weighted by atomic mass is 10.0. The summed E-state index contributed by atoms with van der Waals surface area (Å²) in [5.74, 6) is -0.667. The summed E-state index contributed by atoms with van der Waals surface area (Å²) in [4.78, 5) is 24.7. The second kappa shape index (κ2) is 5.90. The van der Waals surface area contributed by atoms with Gasteiger partial charge >= 0.3 is 5.97 Å². The fourth-order valence-electron chi connectivity index (χ4n) is 1.40. The van der Waals surface area contributed by atoms with Crippen LogP contribution in [0.4, 0.5) is 8.78 Å². The van der Waals surface area contributed by atoms with Gasteiger partial charge in [0.15, 0.2) is 0 Å². The first kappa shape index (κ1) is 13.8. The molecule has 0 spiro atoms. The first-order valence-corrected chi connectivity index (χ1v) is 5.77. The Morgan fingerprint density at radius 1 is 1.59 bits per heavy atom. The lowest BCUT2D eigenvalue weighted by molar-refractivity contribution is -0.139. The quantitative estimate of drug-likeness (QED) is 0.683. The lowest BCUT2D eigenvalue weighted by Crippen LogP contribution is -2.20. The molecule has 0 bridgehead atoms. The molecular weight excluding hydrogens is 300 g/mol. The van der Waals surface area contributed by atoms with Crippen LogP contribution in [-0.2, 0) is 21.3 Å². The standard InChI is InChI=1S/C10H10BrF2NO3/c1-17-7(15)2-6-5(3-11)4-14-10(16)8(6)9(12)13/h4,9H,2-3H2,1H3,(H,14,16). The maximum atomic E-state index is 12.8. The molecule has 0 atom stereocenters. The molecule has 1 aromatic rings. The van der Waals surface area contributed by atoms with Gasteiger partial charge in [0.25, 0.3) is 12.0 Å². The number of carbonyl (C=O) groups is 1. The molecule has 1 heterocycles. The van der Waals surface area contributed by atoms with Crippen molar-refractivity contribution in [1.29, 1.82) is 0 Å². The summed E-state index contributed by atoms with van der Waals surface area (Å²) in [5, 5.41) is 0.260. The van der Waals surface area contributed by atoms with Gasteiger partial charge < -0.3 is 9.72 Å². The number of hydrogen-bond donors (Lipinski definition) is 1. The first-order chi connectivity index (χ1) is 8.01. The monoisotopic (exact) mass is 309 g/mol. The van der Waals surface area contributed by atoms with Crippen molar-refractivity contribution in [2.24, 2.45) is 0 Å². The molecule has 0 fully saturated rings. The molecule has 0 saturated carbocycles. The van der Waals surface area contributed by atoms with E-state index in [1.807, 2.05) is 0 Å². The van der Waals surface area contributed by atoms with Gasteiger partial charge in [-0.05, 0) is 11.1 Å². The van der Waals surface area contributed by atoms with Gasteiger partial charge in [0.2, 0.25) is 0 Å². The van der Waals surface area contributed by atoms with E-state index in [-0.39, 0.29) is 17.3 Å². The third kappa shape index (κ3) is 3.12. The molecule has 0 amide bonds. The van der Waals surface area contributed by atoms with Crippen LogP contribution in [0.5, 0.6) is 0 Å². The lowest BCUT2D eigenvalue weighted by Gasteiger charge is -2.11. The van der Waals surface area contributed by atoms with Gasteiger partial charge in [-0.15, -0.1) is 0 Å². The molecular formula is C10H10BrF2NO3. The number of methoxy groups -OCH3 is 1. The van der Waals surface area contributed by atoms with E-state index in [0.717, 1.165) is 7.11 Å². The van der Waals surface area contributed by atoms with Crippen molar-refractivity contribution in [1.82, 2.24) is 4.98 Å². The number of hydrogen-bond acceptors (Lipinski definition) is 3. The first-order valence-electron chi connectivity index (χ1n) is 4.65. The maximum absolute atomic E-state index is 12.8. The van der Waals surface area contributed by atoms with Gasteiger partial charge in [-0.1, -0.05) is 15.9 Å². The van der Waals surface area contributed by atoms with E-state index >= 15 is 0 Å². The highest BCUT2D eigenvalue weighted by atomic mass is 79.9. The average molecular weight is 310 g/mol. The number of H-pyrrole nitrogens is 1. The Kier molecular flexibility index (Phi) is 4.80. The number of ether oxygens (including phenoxy) is 1. The summed E-state index contributed by atoms with van der Waals surface area (Å²) in [6.07, 6.45) is -1.97.